The van der Waals surface area contributed by atoms with Crippen LogP contribution in [0, 0.1) is 5.92 Å². The molecule has 1 saturated heterocycles. The molecular formula is C22H37N3O5S2. The van der Waals surface area contributed by atoms with Crippen molar-refractivity contribution < 1.29 is 21.6 Å². The molecule has 0 amide bonds. The van der Waals surface area contributed by atoms with Crippen molar-refractivity contribution in [2.24, 2.45) is 5.92 Å². The van der Waals surface area contributed by atoms with Crippen molar-refractivity contribution in [2.45, 2.75) is 81.8 Å². The number of rotatable bonds is 8. The Hall–Kier alpha value is -1.20. The fraction of sp³-hybridized carbons (Fsp3) is 0.727. The molecule has 1 heterocycles. The highest BCUT2D eigenvalue weighted by molar-refractivity contribution is 7.90. The van der Waals surface area contributed by atoms with Crippen molar-refractivity contribution in [2.75, 3.05) is 25.0 Å². The summed E-state index contributed by atoms with van der Waals surface area (Å²) in [6.07, 6.45) is 3.24. The van der Waals surface area contributed by atoms with Crippen molar-refractivity contribution in [1.82, 2.24) is 9.03 Å². The molecule has 0 radical (unpaired) electrons. The van der Waals surface area contributed by atoms with E-state index in [1.807, 2.05) is 19.9 Å². The Balaban J connectivity index is 1.55. The van der Waals surface area contributed by atoms with Gasteiger partial charge in [0.2, 0.25) is 20.0 Å². The van der Waals surface area contributed by atoms with Gasteiger partial charge in [0.05, 0.1) is 22.4 Å². The maximum Gasteiger partial charge on any atom is 0.243 e. The molecule has 0 aromatic heterocycles. The smallest absolute Gasteiger partial charge is 0.243 e. The predicted molar refractivity (Wildman–Crippen MR) is 127 cm³/mol. The van der Waals surface area contributed by atoms with E-state index in [9.17, 15) is 16.8 Å². The molecule has 2 N–H and O–H groups in total. The molecule has 0 bridgehead atoms. The molecular weight excluding hydrogens is 450 g/mol. The van der Waals surface area contributed by atoms with Crippen LogP contribution in [0.4, 0.5) is 5.69 Å². The summed E-state index contributed by atoms with van der Waals surface area (Å²) in [4.78, 5) is 0.288. The molecule has 1 aromatic rings. The molecule has 10 heteroatoms. The Kier molecular flexibility index (Phi) is 8.25. The first-order valence-corrected chi connectivity index (χ1v) is 14.5. The largest absolute Gasteiger partial charge is 0.385 e. The standard InChI is InChI=1S/C22H37N3O5S2/c1-16(2)31(26,27)24-20-10-8-19(9-11-20)13-23-21-6-5-7-22(12-21)32(28,29)25-14-17(3)30-18(4)15-25/h5-7,12,16-20,23-24H,8-11,13-15H2,1-4H3. The van der Waals surface area contributed by atoms with Gasteiger partial charge in [-0.25, -0.2) is 21.6 Å². The van der Waals surface area contributed by atoms with Crippen molar-refractivity contribution in [1.29, 1.82) is 0 Å². The fourth-order valence-corrected chi connectivity index (χ4v) is 6.97. The lowest BCUT2D eigenvalue weighted by Gasteiger charge is -2.34. The van der Waals surface area contributed by atoms with E-state index in [2.05, 4.69) is 10.0 Å². The van der Waals surface area contributed by atoms with E-state index in [1.54, 1.807) is 32.0 Å². The summed E-state index contributed by atoms with van der Waals surface area (Å²) in [5, 5.41) is 2.96. The van der Waals surface area contributed by atoms with Gasteiger partial charge in [-0.2, -0.15) is 4.31 Å². The molecule has 3 rings (SSSR count). The van der Waals surface area contributed by atoms with Gasteiger partial charge in [0, 0.05) is 31.4 Å². The number of hydrogen-bond acceptors (Lipinski definition) is 6. The third kappa shape index (κ3) is 6.44. The summed E-state index contributed by atoms with van der Waals surface area (Å²) >= 11 is 0. The number of ether oxygens (including phenoxy) is 1. The van der Waals surface area contributed by atoms with Crippen molar-refractivity contribution in [3.8, 4) is 0 Å². The number of hydrogen-bond donors (Lipinski definition) is 2. The maximum atomic E-state index is 13.1. The Morgan fingerprint density at radius 3 is 2.25 bits per heavy atom. The second-order valence-electron chi connectivity index (χ2n) is 9.42. The first-order valence-electron chi connectivity index (χ1n) is 11.5. The Labute approximate surface area is 193 Å². The lowest BCUT2D eigenvalue weighted by molar-refractivity contribution is -0.0440. The van der Waals surface area contributed by atoms with Crippen LogP contribution in [-0.2, 0) is 24.8 Å². The second-order valence-corrected chi connectivity index (χ2v) is 13.6. The average molecular weight is 488 g/mol. The second kappa shape index (κ2) is 10.4. The molecule has 2 unspecified atom stereocenters. The minimum atomic E-state index is -3.58. The SMILES string of the molecule is CC1CN(S(=O)(=O)c2cccc(NCC3CCC(NS(=O)(=O)C(C)C)CC3)c2)CC(C)O1. The minimum Gasteiger partial charge on any atom is -0.385 e. The van der Waals surface area contributed by atoms with Gasteiger partial charge in [0.25, 0.3) is 0 Å². The van der Waals surface area contributed by atoms with E-state index in [0.29, 0.717) is 19.0 Å². The molecule has 0 spiro atoms. The Morgan fingerprint density at radius 2 is 1.66 bits per heavy atom. The number of sulfonamides is 2. The first-order chi connectivity index (χ1) is 15.0. The van der Waals surface area contributed by atoms with Gasteiger partial charge in [0.15, 0.2) is 0 Å². The lowest BCUT2D eigenvalue weighted by Crippen LogP contribution is -2.48. The highest BCUT2D eigenvalue weighted by atomic mass is 32.2. The molecule has 1 aliphatic carbocycles. The van der Waals surface area contributed by atoms with Gasteiger partial charge >= 0.3 is 0 Å². The number of nitrogens with one attached hydrogen (secondary N) is 2. The van der Waals surface area contributed by atoms with Crippen molar-refractivity contribution in [3.63, 3.8) is 0 Å². The quantitative estimate of drug-likeness (QED) is 0.584. The topological polar surface area (TPSA) is 105 Å². The van der Waals surface area contributed by atoms with Crippen LogP contribution in [-0.4, -0.2) is 64.3 Å². The van der Waals surface area contributed by atoms with Gasteiger partial charge in [0.1, 0.15) is 0 Å². The summed E-state index contributed by atoms with van der Waals surface area (Å²) in [5.74, 6) is 0.427. The van der Waals surface area contributed by atoms with Crippen LogP contribution in [0.5, 0.6) is 0 Å². The van der Waals surface area contributed by atoms with Gasteiger partial charge in [-0.15, -0.1) is 0 Å². The number of benzene rings is 1. The molecule has 2 aliphatic rings. The molecule has 32 heavy (non-hydrogen) atoms. The monoisotopic (exact) mass is 487 g/mol. The van der Waals surface area contributed by atoms with E-state index in [1.165, 1.54) is 4.31 Å². The zero-order chi connectivity index (χ0) is 23.5. The third-order valence-corrected chi connectivity index (χ3v) is 9.98. The summed E-state index contributed by atoms with van der Waals surface area (Å²) in [5.41, 5.74) is 0.781. The highest BCUT2D eigenvalue weighted by Gasteiger charge is 2.32. The van der Waals surface area contributed by atoms with Crippen LogP contribution in [0.2, 0.25) is 0 Å². The molecule has 1 aromatic carbocycles. The molecule has 2 atom stereocenters. The van der Waals surface area contributed by atoms with Gasteiger partial charge < -0.3 is 10.1 Å². The zero-order valence-electron chi connectivity index (χ0n) is 19.5. The fourth-order valence-electron chi connectivity index (χ4n) is 4.36. The van der Waals surface area contributed by atoms with Crippen molar-refractivity contribution >= 4 is 25.7 Å². The normalized spacial score (nSPS) is 28.0. The van der Waals surface area contributed by atoms with E-state index >= 15 is 0 Å². The summed E-state index contributed by atoms with van der Waals surface area (Å²) in [7, 11) is -6.82. The van der Waals surface area contributed by atoms with E-state index in [4.69, 9.17) is 4.74 Å². The highest BCUT2D eigenvalue weighted by Crippen LogP contribution is 2.27. The lowest BCUT2D eigenvalue weighted by atomic mass is 9.86. The molecule has 1 aliphatic heterocycles. The maximum absolute atomic E-state index is 13.1. The number of morpholine rings is 1. The minimum absolute atomic E-state index is 0.00502. The van der Waals surface area contributed by atoms with Gasteiger partial charge in [-0.05, 0) is 77.5 Å². The Bertz CT molecular complexity index is 963. The van der Waals surface area contributed by atoms with E-state index in [0.717, 1.165) is 37.9 Å². The van der Waals surface area contributed by atoms with E-state index in [-0.39, 0.29) is 23.1 Å². The summed E-state index contributed by atoms with van der Waals surface area (Å²) in [6.45, 7) is 8.59. The molecule has 8 nitrogen and oxygen atoms in total. The van der Waals surface area contributed by atoms with Crippen LogP contribution in [0.3, 0.4) is 0 Å². The van der Waals surface area contributed by atoms with Crippen molar-refractivity contribution in [3.05, 3.63) is 24.3 Å². The van der Waals surface area contributed by atoms with Crippen LogP contribution in [0.25, 0.3) is 0 Å². The summed E-state index contributed by atoms with van der Waals surface area (Å²) < 4.78 is 60.4. The van der Waals surface area contributed by atoms with Gasteiger partial charge in [-0.1, -0.05) is 6.07 Å². The van der Waals surface area contributed by atoms with Crippen LogP contribution < -0.4 is 10.0 Å². The number of nitrogens with zero attached hydrogens (tertiary/aromatic N) is 1. The van der Waals surface area contributed by atoms with Gasteiger partial charge in [-0.3, -0.25) is 0 Å². The summed E-state index contributed by atoms with van der Waals surface area (Å²) in [6, 6.07) is 6.98. The van der Waals surface area contributed by atoms with Crippen LogP contribution in [0.15, 0.2) is 29.2 Å². The third-order valence-electron chi connectivity index (χ3n) is 6.25. The first kappa shape index (κ1) is 25.4. The van der Waals surface area contributed by atoms with Crippen LogP contribution >= 0.6 is 0 Å². The van der Waals surface area contributed by atoms with E-state index < -0.39 is 25.3 Å². The number of anilines is 1. The molecule has 1 saturated carbocycles. The molecule has 182 valence electrons. The zero-order valence-corrected chi connectivity index (χ0v) is 21.1. The predicted octanol–water partition coefficient (Wildman–Crippen LogP) is 2.78. The Morgan fingerprint density at radius 1 is 1.03 bits per heavy atom. The molecule has 2 fully saturated rings. The average Bonchev–Trinajstić information content (AvgIpc) is 2.72. The van der Waals surface area contributed by atoms with Crippen LogP contribution in [0.1, 0.15) is 53.4 Å².